The Labute approximate surface area is 110 Å². The number of thiophene rings is 1. The van der Waals surface area contributed by atoms with Crippen LogP contribution >= 0.6 is 11.3 Å². The molecule has 4 nitrogen and oxygen atoms in total. The lowest BCUT2D eigenvalue weighted by Gasteiger charge is -2.18. The summed E-state index contributed by atoms with van der Waals surface area (Å²) < 4.78 is 11.2. The zero-order valence-corrected chi connectivity index (χ0v) is 11.3. The van der Waals surface area contributed by atoms with Gasteiger partial charge in [-0.3, -0.25) is 0 Å². The maximum atomic E-state index is 5.76. The first-order valence-corrected chi connectivity index (χ1v) is 7.18. The van der Waals surface area contributed by atoms with Crippen LogP contribution in [0.1, 0.15) is 32.1 Å². The third-order valence-electron chi connectivity index (χ3n) is 3.33. The molecule has 2 aromatic heterocycles. The first kappa shape index (κ1) is 11.9. The summed E-state index contributed by atoms with van der Waals surface area (Å²) in [6.45, 7) is 5.11. The Hall–Kier alpha value is -1.20. The highest BCUT2D eigenvalue weighted by Crippen LogP contribution is 2.35. The monoisotopic (exact) mass is 264 g/mol. The quantitative estimate of drug-likeness (QED) is 0.853. The van der Waals surface area contributed by atoms with Crippen LogP contribution in [0.25, 0.3) is 11.4 Å². The second kappa shape index (κ2) is 4.82. The number of hydrogen-bond acceptors (Lipinski definition) is 5. The van der Waals surface area contributed by atoms with Gasteiger partial charge in [0.1, 0.15) is 0 Å². The lowest BCUT2D eigenvalue weighted by Crippen LogP contribution is -2.21. The average molecular weight is 264 g/mol. The SMILES string of the molecule is CC(C)[C@H]1OCC[C@@H]1c1nc(-c2ccsc2)no1. The van der Waals surface area contributed by atoms with E-state index in [-0.39, 0.29) is 12.0 Å². The molecule has 18 heavy (non-hydrogen) atoms. The molecular weight excluding hydrogens is 248 g/mol. The molecule has 0 aliphatic carbocycles. The third-order valence-corrected chi connectivity index (χ3v) is 4.01. The molecule has 0 bridgehead atoms. The van der Waals surface area contributed by atoms with Crippen LogP contribution in [0.3, 0.4) is 0 Å². The predicted molar refractivity (Wildman–Crippen MR) is 69.5 cm³/mol. The Bertz CT molecular complexity index is 507. The van der Waals surface area contributed by atoms with Gasteiger partial charge in [-0.25, -0.2) is 0 Å². The fraction of sp³-hybridized carbons (Fsp3) is 0.538. The minimum absolute atomic E-state index is 0.195. The zero-order valence-electron chi connectivity index (χ0n) is 10.5. The molecular formula is C13H16N2O2S. The molecule has 0 unspecified atom stereocenters. The van der Waals surface area contributed by atoms with Gasteiger partial charge in [0.15, 0.2) is 0 Å². The second-order valence-electron chi connectivity index (χ2n) is 4.94. The van der Waals surface area contributed by atoms with Crippen molar-refractivity contribution in [3.63, 3.8) is 0 Å². The van der Waals surface area contributed by atoms with Crippen LogP contribution in [0.2, 0.25) is 0 Å². The fourth-order valence-corrected chi connectivity index (χ4v) is 3.06. The largest absolute Gasteiger partial charge is 0.377 e. The summed E-state index contributed by atoms with van der Waals surface area (Å²) in [5.74, 6) is 2.10. The molecule has 0 spiro atoms. The van der Waals surface area contributed by atoms with E-state index in [0.29, 0.717) is 17.6 Å². The van der Waals surface area contributed by atoms with Gasteiger partial charge in [0, 0.05) is 17.6 Å². The molecule has 0 amide bonds. The van der Waals surface area contributed by atoms with Crippen molar-refractivity contribution < 1.29 is 9.26 Å². The molecule has 0 radical (unpaired) electrons. The maximum Gasteiger partial charge on any atom is 0.232 e. The van der Waals surface area contributed by atoms with Crippen LogP contribution in [0.15, 0.2) is 21.3 Å². The summed E-state index contributed by atoms with van der Waals surface area (Å²) in [7, 11) is 0. The molecule has 1 fully saturated rings. The van der Waals surface area contributed by atoms with Crippen molar-refractivity contribution in [2.75, 3.05) is 6.61 Å². The number of hydrogen-bond donors (Lipinski definition) is 0. The normalized spacial score (nSPS) is 23.9. The van der Waals surface area contributed by atoms with E-state index in [1.165, 1.54) is 0 Å². The minimum Gasteiger partial charge on any atom is -0.377 e. The smallest absolute Gasteiger partial charge is 0.232 e. The molecule has 1 aliphatic heterocycles. The minimum atomic E-state index is 0.195. The Kier molecular flexibility index (Phi) is 3.18. The predicted octanol–water partition coefficient (Wildman–Crippen LogP) is 3.33. The number of nitrogens with zero attached hydrogens (tertiary/aromatic N) is 2. The molecule has 1 saturated heterocycles. The Morgan fingerprint density at radius 2 is 2.33 bits per heavy atom. The molecule has 2 atom stereocenters. The molecule has 0 aromatic carbocycles. The first-order valence-electron chi connectivity index (χ1n) is 6.23. The van der Waals surface area contributed by atoms with Crippen LogP contribution < -0.4 is 0 Å². The molecule has 0 N–H and O–H groups in total. The summed E-state index contributed by atoms with van der Waals surface area (Å²) in [5, 5.41) is 8.10. The molecule has 5 heteroatoms. The van der Waals surface area contributed by atoms with E-state index in [9.17, 15) is 0 Å². The van der Waals surface area contributed by atoms with E-state index in [1.54, 1.807) is 11.3 Å². The number of ether oxygens (including phenoxy) is 1. The van der Waals surface area contributed by atoms with E-state index in [1.807, 2.05) is 16.8 Å². The van der Waals surface area contributed by atoms with Gasteiger partial charge >= 0.3 is 0 Å². The van der Waals surface area contributed by atoms with E-state index >= 15 is 0 Å². The molecule has 2 aromatic rings. The highest BCUT2D eigenvalue weighted by atomic mass is 32.1. The highest BCUT2D eigenvalue weighted by molar-refractivity contribution is 7.08. The molecule has 1 aliphatic rings. The van der Waals surface area contributed by atoms with Crippen molar-refractivity contribution in [2.24, 2.45) is 5.92 Å². The Balaban J connectivity index is 1.85. The molecule has 96 valence electrons. The van der Waals surface area contributed by atoms with E-state index in [0.717, 1.165) is 18.6 Å². The maximum absolute atomic E-state index is 5.76. The van der Waals surface area contributed by atoms with Crippen molar-refractivity contribution in [3.8, 4) is 11.4 Å². The van der Waals surface area contributed by atoms with Gasteiger partial charge < -0.3 is 9.26 Å². The third kappa shape index (κ3) is 2.08. The van der Waals surface area contributed by atoms with Crippen molar-refractivity contribution in [1.29, 1.82) is 0 Å². The van der Waals surface area contributed by atoms with Gasteiger partial charge in [0.25, 0.3) is 0 Å². The molecule has 0 saturated carbocycles. The average Bonchev–Trinajstić information content (AvgIpc) is 3.10. The van der Waals surface area contributed by atoms with Crippen LogP contribution in [0.4, 0.5) is 0 Å². The van der Waals surface area contributed by atoms with Crippen molar-refractivity contribution in [3.05, 3.63) is 22.7 Å². The van der Waals surface area contributed by atoms with Gasteiger partial charge in [0.2, 0.25) is 11.7 Å². The topological polar surface area (TPSA) is 48.2 Å². The highest BCUT2D eigenvalue weighted by Gasteiger charge is 2.35. The second-order valence-corrected chi connectivity index (χ2v) is 5.72. The van der Waals surface area contributed by atoms with Gasteiger partial charge in [-0.1, -0.05) is 19.0 Å². The summed E-state index contributed by atoms with van der Waals surface area (Å²) >= 11 is 1.64. The van der Waals surface area contributed by atoms with Crippen LogP contribution in [0.5, 0.6) is 0 Å². The van der Waals surface area contributed by atoms with Gasteiger partial charge in [0.05, 0.1) is 12.0 Å². The van der Waals surface area contributed by atoms with E-state index in [4.69, 9.17) is 9.26 Å². The first-order chi connectivity index (χ1) is 8.75. The lowest BCUT2D eigenvalue weighted by atomic mass is 9.93. The van der Waals surface area contributed by atoms with Gasteiger partial charge in [-0.05, 0) is 23.8 Å². The van der Waals surface area contributed by atoms with Gasteiger partial charge in [-0.15, -0.1) is 0 Å². The Morgan fingerprint density at radius 3 is 3.06 bits per heavy atom. The van der Waals surface area contributed by atoms with Crippen molar-refractivity contribution in [1.82, 2.24) is 10.1 Å². The van der Waals surface area contributed by atoms with Gasteiger partial charge in [-0.2, -0.15) is 16.3 Å². The Morgan fingerprint density at radius 1 is 1.44 bits per heavy atom. The summed E-state index contributed by atoms with van der Waals surface area (Å²) in [5.41, 5.74) is 1.02. The van der Waals surface area contributed by atoms with Crippen LogP contribution in [0, 0.1) is 5.92 Å². The molecule has 3 rings (SSSR count). The number of aromatic nitrogens is 2. The standard InChI is InChI=1S/C13H16N2O2S/c1-8(2)11-10(3-5-16-11)13-14-12(15-17-13)9-4-6-18-7-9/h4,6-8,10-11H,3,5H2,1-2H3/t10-,11+/m0/s1. The molecule has 3 heterocycles. The summed E-state index contributed by atoms with van der Waals surface area (Å²) in [4.78, 5) is 4.52. The van der Waals surface area contributed by atoms with E-state index < -0.39 is 0 Å². The van der Waals surface area contributed by atoms with Crippen molar-refractivity contribution >= 4 is 11.3 Å². The lowest BCUT2D eigenvalue weighted by molar-refractivity contribution is 0.0627. The number of rotatable bonds is 3. The van der Waals surface area contributed by atoms with Crippen LogP contribution in [-0.2, 0) is 4.74 Å². The summed E-state index contributed by atoms with van der Waals surface area (Å²) in [6.07, 6.45) is 1.16. The zero-order chi connectivity index (χ0) is 12.5. The van der Waals surface area contributed by atoms with E-state index in [2.05, 4.69) is 24.0 Å². The fourth-order valence-electron chi connectivity index (χ4n) is 2.43. The summed E-state index contributed by atoms with van der Waals surface area (Å²) in [6, 6.07) is 2.00. The van der Waals surface area contributed by atoms with Crippen LogP contribution in [-0.4, -0.2) is 22.9 Å². The van der Waals surface area contributed by atoms with Crippen molar-refractivity contribution in [2.45, 2.75) is 32.3 Å².